The Morgan fingerprint density at radius 1 is 1.15 bits per heavy atom. The van der Waals surface area contributed by atoms with E-state index in [0.29, 0.717) is 29.9 Å². The predicted octanol–water partition coefficient (Wildman–Crippen LogP) is 2.87. The number of carbonyl (C=O) groups is 1. The number of carbonyl (C=O) groups excluding carboxylic acids is 1. The molecule has 3 atom stereocenters. The fourth-order valence-corrected chi connectivity index (χ4v) is 4.80. The molecule has 3 heterocycles. The molecule has 1 saturated carbocycles. The summed E-state index contributed by atoms with van der Waals surface area (Å²) in [6, 6.07) is 7.01. The number of amides is 1. The summed E-state index contributed by atoms with van der Waals surface area (Å²) in [7, 11) is 2.09. The van der Waals surface area contributed by atoms with E-state index in [0.717, 1.165) is 37.3 Å². The lowest BCUT2D eigenvalue weighted by molar-refractivity contribution is 0.0767. The third kappa shape index (κ3) is 3.02. The molecule has 0 N–H and O–H groups in total. The first-order valence-electron chi connectivity index (χ1n) is 9.67. The molecule has 5 nitrogen and oxygen atoms in total. The molecular formula is C21H23FN4O. The fourth-order valence-electron chi connectivity index (χ4n) is 4.80. The van der Waals surface area contributed by atoms with Gasteiger partial charge in [-0.15, -0.1) is 0 Å². The van der Waals surface area contributed by atoms with Crippen molar-refractivity contribution in [3.8, 4) is 0 Å². The lowest BCUT2D eigenvalue weighted by Gasteiger charge is -2.27. The molecule has 2 aliphatic heterocycles. The van der Waals surface area contributed by atoms with E-state index in [1.165, 1.54) is 6.07 Å². The minimum atomic E-state index is -0.205. The normalized spacial score (nSPS) is 27.8. The monoisotopic (exact) mass is 366 g/mol. The maximum absolute atomic E-state index is 13.7. The summed E-state index contributed by atoms with van der Waals surface area (Å²) >= 11 is 0. The van der Waals surface area contributed by atoms with Crippen molar-refractivity contribution >= 4 is 5.91 Å². The zero-order valence-electron chi connectivity index (χ0n) is 15.4. The first-order valence-corrected chi connectivity index (χ1v) is 9.67. The van der Waals surface area contributed by atoms with Gasteiger partial charge in [-0.25, -0.2) is 14.4 Å². The van der Waals surface area contributed by atoms with E-state index in [-0.39, 0.29) is 17.8 Å². The molecule has 5 rings (SSSR count). The Morgan fingerprint density at radius 2 is 1.93 bits per heavy atom. The number of nitrogens with zero attached hydrogens (tertiary/aromatic N) is 4. The van der Waals surface area contributed by atoms with Gasteiger partial charge in [-0.1, -0.05) is 12.1 Å². The van der Waals surface area contributed by atoms with Crippen LogP contribution in [0.25, 0.3) is 0 Å². The van der Waals surface area contributed by atoms with Gasteiger partial charge in [-0.05, 0) is 43.5 Å². The van der Waals surface area contributed by atoms with Crippen LogP contribution in [-0.4, -0.2) is 52.4 Å². The molecule has 1 aliphatic carbocycles. The average molecular weight is 366 g/mol. The van der Waals surface area contributed by atoms with Crippen LogP contribution in [0.2, 0.25) is 0 Å². The summed E-state index contributed by atoms with van der Waals surface area (Å²) in [5.74, 6) is 1.89. The van der Waals surface area contributed by atoms with E-state index < -0.39 is 0 Å². The van der Waals surface area contributed by atoms with Crippen LogP contribution in [-0.2, 0) is 0 Å². The van der Waals surface area contributed by atoms with Crippen molar-refractivity contribution in [2.24, 2.45) is 11.8 Å². The maximum atomic E-state index is 13.7. The van der Waals surface area contributed by atoms with E-state index in [1.807, 2.05) is 11.0 Å². The minimum Gasteiger partial charge on any atom is -0.338 e. The molecular weight excluding hydrogens is 343 g/mol. The zero-order chi connectivity index (χ0) is 18.5. The lowest BCUT2D eigenvalue weighted by Crippen LogP contribution is -2.33. The van der Waals surface area contributed by atoms with Gasteiger partial charge < -0.3 is 4.90 Å². The van der Waals surface area contributed by atoms with Crippen LogP contribution in [0.15, 0.2) is 36.7 Å². The van der Waals surface area contributed by atoms with Gasteiger partial charge in [-0.3, -0.25) is 9.69 Å². The molecule has 0 bridgehead atoms. The van der Waals surface area contributed by atoms with E-state index in [4.69, 9.17) is 0 Å². The van der Waals surface area contributed by atoms with Gasteiger partial charge in [0, 0.05) is 49.9 Å². The number of fused-ring (bicyclic) bond motifs is 1. The highest BCUT2D eigenvalue weighted by molar-refractivity contribution is 5.93. The molecule has 140 valence electrons. The largest absolute Gasteiger partial charge is 0.338 e. The van der Waals surface area contributed by atoms with E-state index in [1.54, 1.807) is 24.5 Å². The van der Waals surface area contributed by atoms with Gasteiger partial charge in [0.25, 0.3) is 5.91 Å². The highest BCUT2D eigenvalue weighted by Crippen LogP contribution is 2.44. The summed E-state index contributed by atoms with van der Waals surface area (Å²) in [6.45, 7) is 2.36. The van der Waals surface area contributed by atoms with Crippen LogP contribution in [0.3, 0.4) is 0 Å². The van der Waals surface area contributed by atoms with Gasteiger partial charge >= 0.3 is 0 Å². The van der Waals surface area contributed by atoms with Crippen molar-refractivity contribution in [2.75, 3.05) is 26.7 Å². The summed E-state index contributed by atoms with van der Waals surface area (Å²) in [4.78, 5) is 25.9. The number of benzene rings is 1. The van der Waals surface area contributed by atoms with Crippen molar-refractivity contribution in [1.82, 2.24) is 19.8 Å². The topological polar surface area (TPSA) is 49.3 Å². The quantitative estimate of drug-likeness (QED) is 0.838. The first kappa shape index (κ1) is 16.8. The second-order valence-electron chi connectivity index (χ2n) is 8.18. The van der Waals surface area contributed by atoms with E-state index in [9.17, 15) is 9.18 Å². The average Bonchev–Trinajstić information content (AvgIpc) is 3.36. The molecule has 2 saturated heterocycles. The van der Waals surface area contributed by atoms with Crippen molar-refractivity contribution in [2.45, 2.75) is 24.8 Å². The zero-order valence-corrected chi connectivity index (χ0v) is 15.4. The number of halogens is 1. The first-order chi connectivity index (χ1) is 13.1. The fraction of sp³-hybridized carbons (Fsp3) is 0.476. The smallest absolute Gasteiger partial charge is 0.257 e. The van der Waals surface area contributed by atoms with Crippen molar-refractivity contribution in [1.29, 1.82) is 0 Å². The van der Waals surface area contributed by atoms with Gasteiger partial charge in [0.1, 0.15) is 11.6 Å². The molecule has 6 heteroatoms. The molecule has 1 aromatic carbocycles. The number of likely N-dealkylation sites (tertiary alicyclic amines) is 2. The van der Waals surface area contributed by atoms with Crippen LogP contribution in [0, 0.1) is 17.7 Å². The Balaban J connectivity index is 1.33. The second-order valence-corrected chi connectivity index (χ2v) is 8.18. The molecule has 0 spiro atoms. The van der Waals surface area contributed by atoms with E-state index >= 15 is 0 Å². The molecule has 0 radical (unpaired) electrons. The molecule has 1 aromatic heterocycles. The summed E-state index contributed by atoms with van der Waals surface area (Å²) in [5, 5.41) is 0. The Bertz CT molecular complexity index is 867. The number of hydrogen-bond acceptors (Lipinski definition) is 4. The molecule has 1 amide bonds. The highest BCUT2D eigenvalue weighted by Gasteiger charge is 2.47. The Labute approximate surface area is 158 Å². The van der Waals surface area contributed by atoms with Crippen LogP contribution >= 0.6 is 0 Å². The second kappa shape index (κ2) is 6.37. The number of rotatable bonds is 3. The van der Waals surface area contributed by atoms with Gasteiger partial charge in [0.15, 0.2) is 0 Å². The SMILES string of the molecule is CN1C[C@H]2CN(C(=O)c3cnc(C4CC4)nc3)C[C@H]2[C@@H]1c1cccc(F)c1. The molecule has 3 aliphatic rings. The van der Waals surface area contributed by atoms with Crippen molar-refractivity contribution < 1.29 is 9.18 Å². The molecule has 27 heavy (non-hydrogen) atoms. The Morgan fingerprint density at radius 3 is 2.63 bits per heavy atom. The van der Waals surface area contributed by atoms with Gasteiger partial charge in [0.05, 0.1) is 5.56 Å². The lowest BCUT2D eigenvalue weighted by atomic mass is 9.89. The van der Waals surface area contributed by atoms with E-state index in [2.05, 4.69) is 21.9 Å². The minimum absolute atomic E-state index is 0.00684. The van der Waals surface area contributed by atoms with Gasteiger partial charge in [-0.2, -0.15) is 0 Å². The Kier molecular flexibility index (Phi) is 3.97. The third-order valence-electron chi connectivity index (χ3n) is 6.23. The molecule has 0 unspecified atom stereocenters. The maximum Gasteiger partial charge on any atom is 0.257 e. The molecule has 2 aromatic rings. The van der Waals surface area contributed by atoms with Gasteiger partial charge in [0.2, 0.25) is 0 Å². The van der Waals surface area contributed by atoms with Crippen LogP contribution < -0.4 is 0 Å². The van der Waals surface area contributed by atoms with Crippen molar-refractivity contribution in [3.05, 3.63) is 59.4 Å². The third-order valence-corrected chi connectivity index (χ3v) is 6.23. The molecule has 3 fully saturated rings. The highest BCUT2D eigenvalue weighted by atomic mass is 19.1. The summed E-state index contributed by atoms with van der Waals surface area (Å²) < 4.78 is 13.7. The standard InChI is InChI=1S/C21H23FN4O/c1-25-10-16-11-26(12-18(16)19(25)14-3-2-4-17(22)7-14)21(27)15-8-23-20(24-9-15)13-5-6-13/h2-4,7-9,13,16,18-19H,5-6,10-12H2,1H3/t16-,18+,19-/m0/s1. The van der Waals surface area contributed by atoms with Crippen LogP contribution in [0.4, 0.5) is 4.39 Å². The van der Waals surface area contributed by atoms with Crippen molar-refractivity contribution in [3.63, 3.8) is 0 Å². The Hall–Kier alpha value is -2.34. The van der Waals surface area contributed by atoms with Crippen LogP contribution in [0.1, 0.15) is 46.5 Å². The summed E-state index contributed by atoms with van der Waals surface area (Å²) in [6.07, 6.45) is 5.65. The summed E-state index contributed by atoms with van der Waals surface area (Å²) in [5.41, 5.74) is 1.56. The predicted molar refractivity (Wildman–Crippen MR) is 98.7 cm³/mol. The van der Waals surface area contributed by atoms with Crippen LogP contribution in [0.5, 0.6) is 0 Å². The number of hydrogen-bond donors (Lipinski definition) is 0. The number of aromatic nitrogens is 2.